The van der Waals surface area contributed by atoms with E-state index in [1.54, 1.807) is 28.9 Å². The Bertz CT molecular complexity index is 890. The van der Waals surface area contributed by atoms with Crippen LogP contribution in [0.5, 0.6) is 6.01 Å². The Balaban J connectivity index is 1.46. The van der Waals surface area contributed by atoms with Gasteiger partial charge in [0.1, 0.15) is 5.82 Å². The maximum atomic E-state index is 13.4. The minimum Gasteiger partial charge on any atom is -0.462 e. The number of likely N-dealkylation sites (N-methyl/N-ethyl adjacent to an activating group) is 1. The van der Waals surface area contributed by atoms with Crippen LogP contribution in [0.25, 0.3) is 17.1 Å². The normalized spacial score (nSPS) is 15.4. The van der Waals surface area contributed by atoms with Gasteiger partial charge in [-0.2, -0.15) is 4.98 Å². The summed E-state index contributed by atoms with van der Waals surface area (Å²) in [5.41, 5.74) is 1.56. The van der Waals surface area contributed by atoms with Crippen molar-refractivity contribution in [2.45, 2.75) is 6.42 Å². The molecule has 0 radical (unpaired) electrons. The van der Waals surface area contributed by atoms with Crippen molar-refractivity contribution in [1.29, 1.82) is 0 Å². The van der Waals surface area contributed by atoms with Gasteiger partial charge in [-0.1, -0.05) is 11.6 Å². The molecule has 0 N–H and O–H groups in total. The van der Waals surface area contributed by atoms with Crippen LogP contribution in [0.4, 0.5) is 4.39 Å². The van der Waals surface area contributed by atoms with Gasteiger partial charge in [0.15, 0.2) is 5.82 Å². The van der Waals surface area contributed by atoms with E-state index < -0.39 is 0 Å². The lowest BCUT2D eigenvalue weighted by Gasteiger charge is -2.32. The van der Waals surface area contributed by atoms with Gasteiger partial charge in [0.2, 0.25) is 0 Å². The van der Waals surface area contributed by atoms with E-state index in [2.05, 4.69) is 26.9 Å². The standard InChI is InChI=1S/C22H25ClFN5O/c1-27-12-14-28(15-13-27)11-2-16-30-22-25-21(17-3-5-18(23)6-4-17)29(26-22)20-9-7-19(24)8-10-20/h3-10H,2,11-16H2,1H3. The number of ether oxygens (including phenoxy) is 1. The fourth-order valence-corrected chi connectivity index (χ4v) is 3.55. The Hall–Kier alpha value is -2.48. The Kier molecular flexibility index (Phi) is 6.62. The van der Waals surface area contributed by atoms with E-state index in [1.165, 1.54) is 12.1 Å². The molecule has 3 aromatic rings. The van der Waals surface area contributed by atoms with E-state index in [9.17, 15) is 4.39 Å². The van der Waals surface area contributed by atoms with Crippen LogP contribution < -0.4 is 4.74 Å². The van der Waals surface area contributed by atoms with Gasteiger partial charge in [-0.05, 0) is 62.0 Å². The predicted molar refractivity (Wildman–Crippen MR) is 116 cm³/mol. The number of aromatic nitrogens is 3. The third-order valence-electron chi connectivity index (χ3n) is 5.21. The third-order valence-corrected chi connectivity index (χ3v) is 5.46. The number of benzene rings is 2. The lowest BCUT2D eigenvalue weighted by Crippen LogP contribution is -2.44. The molecule has 0 saturated carbocycles. The molecule has 0 aliphatic carbocycles. The summed E-state index contributed by atoms with van der Waals surface area (Å²) in [5.74, 6) is 0.319. The maximum Gasteiger partial charge on any atom is 0.336 e. The van der Waals surface area contributed by atoms with Crippen molar-refractivity contribution < 1.29 is 9.13 Å². The van der Waals surface area contributed by atoms with Crippen LogP contribution in [0.15, 0.2) is 48.5 Å². The topological polar surface area (TPSA) is 46.4 Å². The second-order valence-corrected chi connectivity index (χ2v) is 7.90. The van der Waals surface area contributed by atoms with Gasteiger partial charge in [-0.15, -0.1) is 5.10 Å². The number of rotatable bonds is 7. The van der Waals surface area contributed by atoms with Crippen LogP contribution in [-0.2, 0) is 0 Å². The van der Waals surface area contributed by atoms with E-state index in [4.69, 9.17) is 16.3 Å². The molecule has 1 aromatic heterocycles. The summed E-state index contributed by atoms with van der Waals surface area (Å²) in [6.45, 7) is 5.93. The number of halogens is 2. The van der Waals surface area contributed by atoms with E-state index in [-0.39, 0.29) is 5.82 Å². The summed E-state index contributed by atoms with van der Waals surface area (Å²) in [6.07, 6.45) is 0.908. The van der Waals surface area contributed by atoms with E-state index in [0.29, 0.717) is 29.2 Å². The predicted octanol–water partition coefficient (Wildman–Crippen LogP) is 3.74. The van der Waals surface area contributed by atoms with E-state index in [1.807, 2.05) is 12.1 Å². The SMILES string of the molecule is CN1CCN(CCCOc2nc(-c3ccc(Cl)cc3)n(-c3ccc(F)cc3)n2)CC1. The highest BCUT2D eigenvalue weighted by Gasteiger charge is 2.16. The summed E-state index contributed by atoms with van der Waals surface area (Å²) in [7, 11) is 2.15. The van der Waals surface area contributed by atoms with Crippen molar-refractivity contribution in [2.24, 2.45) is 0 Å². The summed E-state index contributed by atoms with van der Waals surface area (Å²) >= 11 is 6.02. The summed E-state index contributed by atoms with van der Waals surface area (Å²) < 4.78 is 20.9. The molecule has 0 spiro atoms. The van der Waals surface area contributed by atoms with Crippen molar-refractivity contribution in [1.82, 2.24) is 24.6 Å². The van der Waals surface area contributed by atoms with Crippen LogP contribution in [0.3, 0.4) is 0 Å². The monoisotopic (exact) mass is 429 g/mol. The first-order valence-corrected chi connectivity index (χ1v) is 10.5. The maximum absolute atomic E-state index is 13.4. The molecule has 1 aliphatic rings. The number of hydrogen-bond acceptors (Lipinski definition) is 5. The van der Waals surface area contributed by atoms with E-state index >= 15 is 0 Å². The van der Waals surface area contributed by atoms with Gasteiger partial charge in [-0.25, -0.2) is 9.07 Å². The summed E-state index contributed by atoms with van der Waals surface area (Å²) in [6, 6.07) is 13.8. The molecule has 0 unspecified atom stereocenters. The van der Waals surface area contributed by atoms with Crippen molar-refractivity contribution in [3.63, 3.8) is 0 Å². The van der Waals surface area contributed by atoms with Crippen LogP contribution in [0.2, 0.25) is 5.02 Å². The molecule has 1 aliphatic heterocycles. The molecule has 2 aromatic carbocycles. The smallest absolute Gasteiger partial charge is 0.336 e. The lowest BCUT2D eigenvalue weighted by atomic mass is 10.2. The second kappa shape index (κ2) is 9.55. The van der Waals surface area contributed by atoms with Gasteiger partial charge in [0.25, 0.3) is 0 Å². The number of piperazine rings is 1. The lowest BCUT2D eigenvalue weighted by molar-refractivity contribution is 0.144. The average Bonchev–Trinajstić information content (AvgIpc) is 3.18. The molecular weight excluding hydrogens is 405 g/mol. The van der Waals surface area contributed by atoms with Gasteiger partial charge in [0.05, 0.1) is 12.3 Å². The molecule has 30 heavy (non-hydrogen) atoms. The molecule has 6 nitrogen and oxygen atoms in total. The molecule has 0 amide bonds. The largest absolute Gasteiger partial charge is 0.462 e. The third kappa shape index (κ3) is 5.16. The van der Waals surface area contributed by atoms with Gasteiger partial charge in [-0.3, -0.25) is 0 Å². The minimum absolute atomic E-state index is 0.299. The Morgan fingerprint density at radius 2 is 1.70 bits per heavy atom. The highest BCUT2D eigenvalue weighted by molar-refractivity contribution is 6.30. The molecule has 158 valence electrons. The zero-order valence-electron chi connectivity index (χ0n) is 17.0. The van der Waals surface area contributed by atoms with Crippen LogP contribution in [0.1, 0.15) is 6.42 Å². The molecule has 4 rings (SSSR count). The summed E-state index contributed by atoms with van der Waals surface area (Å²) in [5, 5.41) is 5.16. The molecule has 1 saturated heterocycles. The van der Waals surface area contributed by atoms with Gasteiger partial charge < -0.3 is 14.5 Å². The molecule has 2 heterocycles. The summed E-state index contributed by atoms with van der Waals surface area (Å²) in [4.78, 5) is 9.37. The average molecular weight is 430 g/mol. The highest BCUT2D eigenvalue weighted by Crippen LogP contribution is 2.25. The highest BCUT2D eigenvalue weighted by atomic mass is 35.5. The zero-order chi connectivity index (χ0) is 20.9. The van der Waals surface area contributed by atoms with Crippen LogP contribution >= 0.6 is 11.6 Å². The van der Waals surface area contributed by atoms with Gasteiger partial charge in [0, 0.05) is 43.3 Å². The van der Waals surface area contributed by atoms with Crippen molar-refractivity contribution in [2.75, 3.05) is 46.4 Å². The Morgan fingerprint density at radius 1 is 1.00 bits per heavy atom. The number of nitrogens with zero attached hydrogens (tertiary/aromatic N) is 5. The Labute approximate surface area is 180 Å². The molecule has 1 fully saturated rings. The van der Waals surface area contributed by atoms with E-state index in [0.717, 1.165) is 44.7 Å². The number of hydrogen-bond donors (Lipinski definition) is 0. The van der Waals surface area contributed by atoms with Crippen molar-refractivity contribution in [3.8, 4) is 23.1 Å². The van der Waals surface area contributed by atoms with Gasteiger partial charge >= 0.3 is 6.01 Å². The van der Waals surface area contributed by atoms with Crippen molar-refractivity contribution >= 4 is 11.6 Å². The second-order valence-electron chi connectivity index (χ2n) is 7.46. The fraction of sp³-hybridized carbons (Fsp3) is 0.364. The molecule has 0 atom stereocenters. The van der Waals surface area contributed by atoms with Crippen LogP contribution in [-0.4, -0.2) is 70.9 Å². The zero-order valence-corrected chi connectivity index (χ0v) is 17.7. The molecular formula is C22H25ClFN5O. The first kappa shape index (κ1) is 20.8. The molecule has 0 bridgehead atoms. The Morgan fingerprint density at radius 3 is 2.40 bits per heavy atom. The minimum atomic E-state index is -0.299. The molecule has 8 heteroatoms. The van der Waals surface area contributed by atoms with Crippen molar-refractivity contribution in [3.05, 3.63) is 59.4 Å². The fourth-order valence-electron chi connectivity index (χ4n) is 3.43. The van der Waals surface area contributed by atoms with Crippen LogP contribution in [0, 0.1) is 5.82 Å². The quantitative estimate of drug-likeness (QED) is 0.535. The first-order chi connectivity index (χ1) is 14.6. The first-order valence-electron chi connectivity index (χ1n) is 10.1.